The van der Waals surface area contributed by atoms with E-state index in [1.807, 2.05) is 41.1 Å². The average Bonchev–Trinajstić information content (AvgIpc) is 2.92. The van der Waals surface area contributed by atoms with E-state index in [2.05, 4.69) is 41.3 Å². The van der Waals surface area contributed by atoms with E-state index in [9.17, 15) is 0 Å². The molecular weight excluding hydrogens is 246 g/mol. The first-order valence-corrected chi connectivity index (χ1v) is 6.90. The largest absolute Gasteiger partial charge is 0.245 e. The molecule has 0 radical (unpaired) electrons. The van der Waals surface area contributed by atoms with Gasteiger partial charge in [-0.2, -0.15) is 5.10 Å². The van der Waals surface area contributed by atoms with E-state index in [1.165, 1.54) is 5.56 Å². The predicted molar refractivity (Wildman–Crippen MR) is 80.4 cm³/mol. The summed E-state index contributed by atoms with van der Waals surface area (Å²) in [5.74, 6) is 1.83. The summed E-state index contributed by atoms with van der Waals surface area (Å²) >= 11 is 0. The zero-order valence-electron chi connectivity index (χ0n) is 11.5. The molecule has 1 heterocycles. The molecule has 0 aliphatic heterocycles. The Morgan fingerprint density at radius 2 is 1.55 bits per heavy atom. The SMILES string of the molecule is CCc1nc(-c2ccccc2)nn1Cc1ccccc1. The number of hydrogen-bond donors (Lipinski definition) is 0. The van der Waals surface area contributed by atoms with Gasteiger partial charge in [0.1, 0.15) is 5.82 Å². The highest BCUT2D eigenvalue weighted by atomic mass is 15.3. The first-order chi connectivity index (χ1) is 9.86. The summed E-state index contributed by atoms with van der Waals surface area (Å²) in [6.07, 6.45) is 0.882. The van der Waals surface area contributed by atoms with Crippen LogP contribution in [0.3, 0.4) is 0 Å². The maximum atomic E-state index is 4.65. The minimum absolute atomic E-state index is 0.768. The standard InChI is InChI=1S/C17H17N3/c1-2-16-18-17(15-11-7-4-8-12-15)19-20(16)13-14-9-5-3-6-10-14/h3-12H,2,13H2,1H3. The van der Waals surface area contributed by atoms with Gasteiger partial charge >= 0.3 is 0 Å². The van der Waals surface area contributed by atoms with Crippen molar-refractivity contribution in [2.24, 2.45) is 0 Å². The van der Waals surface area contributed by atoms with E-state index >= 15 is 0 Å². The lowest BCUT2D eigenvalue weighted by atomic mass is 10.2. The zero-order chi connectivity index (χ0) is 13.8. The number of hydrogen-bond acceptors (Lipinski definition) is 2. The van der Waals surface area contributed by atoms with E-state index in [-0.39, 0.29) is 0 Å². The van der Waals surface area contributed by atoms with Crippen LogP contribution < -0.4 is 0 Å². The summed E-state index contributed by atoms with van der Waals surface area (Å²) in [7, 11) is 0. The van der Waals surface area contributed by atoms with Gasteiger partial charge in [0.05, 0.1) is 6.54 Å². The van der Waals surface area contributed by atoms with E-state index < -0.39 is 0 Å². The van der Waals surface area contributed by atoms with Gasteiger partial charge in [0, 0.05) is 12.0 Å². The lowest BCUT2D eigenvalue weighted by molar-refractivity contribution is 0.644. The third kappa shape index (κ3) is 2.62. The fourth-order valence-electron chi connectivity index (χ4n) is 2.23. The number of aryl methyl sites for hydroxylation is 1. The van der Waals surface area contributed by atoms with Crippen LogP contribution in [0.2, 0.25) is 0 Å². The van der Waals surface area contributed by atoms with Crippen molar-refractivity contribution >= 4 is 0 Å². The van der Waals surface area contributed by atoms with Crippen LogP contribution in [0, 0.1) is 0 Å². The van der Waals surface area contributed by atoms with Gasteiger partial charge in [-0.05, 0) is 5.56 Å². The van der Waals surface area contributed by atoms with E-state index in [4.69, 9.17) is 0 Å². The molecule has 100 valence electrons. The van der Waals surface area contributed by atoms with Gasteiger partial charge in [-0.3, -0.25) is 0 Å². The Bertz CT molecular complexity index is 672. The molecule has 0 bridgehead atoms. The van der Waals surface area contributed by atoms with Crippen LogP contribution in [-0.2, 0) is 13.0 Å². The molecule has 1 aromatic heterocycles. The second-order valence-corrected chi connectivity index (χ2v) is 4.71. The second kappa shape index (κ2) is 5.70. The van der Waals surface area contributed by atoms with Gasteiger partial charge in [0.15, 0.2) is 5.82 Å². The molecule has 3 aromatic rings. The molecule has 2 aromatic carbocycles. The quantitative estimate of drug-likeness (QED) is 0.720. The topological polar surface area (TPSA) is 30.7 Å². The van der Waals surface area contributed by atoms with Crippen molar-refractivity contribution in [3.05, 3.63) is 72.1 Å². The minimum Gasteiger partial charge on any atom is -0.245 e. The van der Waals surface area contributed by atoms with Gasteiger partial charge in [0.2, 0.25) is 0 Å². The summed E-state index contributed by atoms with van der Waals surface area (Å²) in [6, 6.07) is 20.5. The maximum absolute atomic E-state index is 4.65. The van der Waals surface area contributed by atoms with Crippen molar-refractivity contribution in [2.75, 3.05) is 0 Å². The Balaban J connectivity index is 1.93. The molecule has 0 saturated heterocycles. The zero-order valence-corrected chi connectivity index (χ0v) is 11.5. The highest BCUT2D eigenvalue weighted by Gasteiger charge is 2.10. The highest BCUT2D eigenvalue weighted by molar-refractivity contribution is 5.54. The van der Waals surface area contributed by atoms with E-state index in [0.717, 1.165) is 30.2 Å². The maximum Gasteiger partial charge on any atom is 0.181 e. The Kier molecular flexibility index (Phi) is 3.59. The van der Waals surface area contributed by atoms with Crippen LogP contribution in [0.15, 0.2) is 60.7 Å². The monoisotopic (exact) mass is 263 g/mol. The molecule has 0 N–H and O–H groups in total. The Labute approximate surface area is 118 Å². The summed E-state index contributed by atoms with van der Waals surface area (Å²) in [5.41, 5.74) is 2.31. The summed E-state index contributed by atoms with van der Waals surface area (Å²) < 4.78 is 2.00. The lowest BCUT2D eigenvalue weighted by Crippen LogP contribution is -2.06. The molecule has 0 fully saturated rings. The van der Waals surface area contributed by atoms with Crippen molar-refractivity contribution in [3.8, 4) is 11.4 Å². The first-order valence-electron chi connectivity index (χ1n) is 6.90. The van der Waals surface area contributed by atoms with Crippen LogP contribution in [0.1, 0.15) is 18.3 Å². The summed E-state index contributed by atoms with van der Waals surface area (Å²) in [4.78, 5) is 4.65. The molecule has 20 heavy (non-hydrogen) atoms. The van der Waals surface area contributed by atoms with Crippen LogP contribution >= 0.6 is 0 Å². The molecule has 3 rings (SSSR count). The molecule has 0 saturated carbocycles. The minimum atomic E-state index is 0.768. The molecule has 0 aliphatic rings. The van der Waals surface area contributed by atoms with Crippen molar-refractivity contribution in [3.63, 3.8) is 0 Å². The number of nitrogens with zero attached hydrogens (tertiary/aromatic N) is 3. The molecule has 3 nitrogen and oxygen atoms in total. The normalized spacial score (nSPS) is 10.7. The first kappa shape index (κ1) is 12.6. The number of aromatic nitrogens is 3. The molecule has 0 atom stereocenters. The highest BCUT2D eigenvalue weighted by Crippen LogP contribution is 2.16. The Morgan fingerprint density at radius 1 is 0.900 bits per heavy atom. The van der Waals surface area contributed by atoms with Crippen LogP contribution in [0.25, 0.3) is 11.4 Å². The van der Waals surface area contributed by atoms with Crippen LogP contribution in [0.4, 0.5) is 0 Å². The van der Waals surface area contributed by atoms with Gasteiger partial charge in [-0.25, -0.2) is 9.67 Å². The molecule has 0 aliphatic carbocycles. The van der Waals surface area contributed by atoms with Crippen molar-refractivity contribution in [2.45, 2.75) is 19.9 Å². The smallest absolute Gasteiger partial charge is 0.181 e. The summed E-state index contributed by atoms with van der Waals surface area (Å²) in [5, 5.41) is 4.65. The van der Waals surface area contributed by atoms with Gasteiger partial charge in [0.25, 0.3) is 0 Å². The van der Waals surface area contributed by atoms with Crippen molar-refractivity contribution in [1.29, 1.82) is 0 Å². The predicted octanol–water partition coefficient (Wildman–Crippen LogP) is 3.56. The van der Waals surface area contributed by atoms with E-state index in [1.54, 1.807) is 0 Å². The molecular formula is C17H17N3. The third-order valence-corrected chi connectivity index (χ3v) is 3.27. The van der Waals surface area contributed by atoms with Gasteiger partial charge in [-0.15, -0.1) is 0 Å². The summed E-state index contributed by atoms with van der Waals surface area (Å²) in [6.45, 7) is 2.88. The van der Waals surface area contributed by atoms with Crippen LogP contribution in [0.5, 0.6) is 0 Å². The molecule has 0 amide bonds. The molecule has 0 unspecified atom stereocenters. The fourth-order valence-corrected chi connectivity index (χ4v) is 2.23. The lowest BCUT2D eigenvalue weighted by Gasteiger charge is -2.03. The third-order valence-electron chi connectivity index (χ3n) is 3.27. The van der Waals surface area contributed by atoms with Crippen molar-refractivity contribution in [1.82, 2.24) is 14.8 Å². The van der Waals surface area contributed by atoms with E-state index in [0.29, 0.717) is 0 Å². The number of benzene rings is 2. The van der Waals surface area contributed by atoms with Gasteiger partial charge < -0.3 is 0 Å². The van der Waals surface area contributed by atoms with Crippen molar-refractivity contribution < 1.29 is 0 Å². The Morgan fingerprint density at radius 3 is 2.20 bits per heavy atom. The average molecular weight is 263 g/mol. The second-order valence-electron chi connectivity index (χ2n) is 4.71. The molecule has 0 spiro atoms. The Hall–Kier alpha value is -2.42. The number of rotatable bonds is 4. The molecule has 3 heteroatoms. The van der Waals surface area contributed by atoms with Gasteiger partial charge in [-0.1, -0.05) is 67.6 Å². The van der Waals surface area contributed by atoms with Crippen LogP contribution in [-0.4, -0.2) is 14.8 Å². The fraction of sp³-hybridized carbons (Fsp3) is 0.176.